The van der Waals surface area contributed by atoms with Crippen LogP contribution in [-0.4, -0.2) is 28.3 Å². The number of nitrogens with zero attached hydrogens (tertiary/aromatic N) is 1. The highest BCUT2D eigenvalue weighted by molar-refractivity contribution is 7.84. The Hall–Kier alpha value is -1.47. The van der Waals surface area contributed by atoms with Crippen LogP contribution >= 0.6 is 0 Å². The summed E-state index contributed by atoms with van der Waals surface area (Å²) in [6.07, 6.45) is 2.53. The third-order valence-electron chi connectivity index (χ3n) is 4.14. The van der Waals surface area contributed by atoms with Gasteiger partial charge in [-0.3, -0.25) is 4.90 Å². The first-order valence-corrected chi connectivity index (χ1v) is 9.68. The van der Waals surface area contributed by atoms with Crippen LogP contribution in [0.1, 0.15) is 46.5 Å². The first-order valence-electron chi connectivity index (χ1n) is 8.53. The standard InChI is InChI=1S/C18H27FN2O3S/c1-18(2,3)25(23)20-16(12-11-13-9-10-13)21(17(22)24-4)15-8-6-5-7-14(15)19/h5-8,13,16,20H,9-12H2,1-4H3. The van der Waals surface area contributed by atoms with Gasteiger partial charge in [-0.05, 0) is 51.7 Å². The van der Waals surface area contributed by atoms with Crippen LogP contribution in [0.4, 0.5) is 14.9 Å². The molecule has 0 bridgehead atoms. The topological polar surface area (TPSA) is 58.6 Å². The Kier molecular flexibility index (Phi) is 6.57. The Morgan fingerprint density at radius 2 is 2.04 bits per heavy atom. The van der Waals surface area contributed by atoms with Crippen molar-refractivity contribution in [2.75, 3.05) is 12.0 Å². The first-order chi connectivity index (χ1) is 11.7. The zero-order chi connectivity index (χ0) is 18.6. The molecular weight excluding hydrogens is 343 g/mol. The van der Waals surface area contributed by atoms with E-state index in [1.165, 1.54) is 37.0 Å². The van der Waals surface area contributed by atoms with Gasteiger partial charge in [0.1, 0.15) is 12.0 Å². The molecule has 7 heteroatoms. The van der Waals surface area contributed by atoms with E-state index in [0.29, 0.717) is 12.3 Å². The highest BCUT2D eigenvalue weighted by atomic mass is 32.2. The molecule has 0 heterocycles. The van der Waals surface area contributed by atoms with Crippen molar-refractivity contribution in [1.82, 2.24) is 4.72 Å². The molecule has 1 fully saturated rings. The summed E-state index contributed by atoms with van der Waals surface area (Å²) in [5.74, 6) is 0.111. The van der Waals surface area contributed by atoms with Gasteiger partial charge in [0, 0.05) is 0 Å². The van der Waals surface area contributed by atoms with Crippen LogP contribution in [0.3, 0.4) is 0 Å². The summed E-state index contributed by atoms with van der Waals surface area (Å²) in [5, 5.41) is 0. The van der Waals surface area contributed by atoms with Crippen LogP contribution < -0.4 is 9.62 Å². The maximum Gasteiger partial charge on any atom is 0.415 e. The molecule has 0 aliphatic heterocycles. The quantitative estimate of drug-likeness (QED) is 0.739. The number of hydrogen-bond acceptors (Lipinski definition) is 3. The average Bonchev–Trinajstić information content (AvgIpc) is 3.37. The number of hydrogen-bond donors (Lipinski definition) is 1. The summed E-state index contributed by atoms with van der Waals surface area (Å²) in [7, 11) is -0.144. The van der Waals surface area contributed by atoms with Gasteiger partial charge in [0.25, 0.3) is 0 Å². The smallest absolute Gasteiger partial charge is 0.415 e. The second-order valence-electron chi connectivity index (χ2n) is 7.33. The second-order valence-corrected chi connectivity index (χ2v) is 9.32. The molecule has 1 saturated carbocycles. The fourth-order valence-electron chi connectivity index (χ4n) is 2.48. The molecule has 1 amide bonds. The predicted molar refractivity (Wildman–Crippen MR) is 98.1 cm³/mol. The molecule has 1 aromatic rings. The van der Waals surface area contributed by atoms with Gasteiger partial charge in [0.2, 0.25) is 0 Å². The van der Waals surface area contributed by atoms with Gasteiger partial charge < -0.3 is 4.74 Å². The van der Waals surface area contributed by atoms with E-state index in [9.17, 15) is 13.4 Å². The van der Waals surface area contributed by atoms with Crippen LogP contribution in [-0.2, 0) is 15.7 Å². The molecule has 5 nitrogen and oxygen atoms in total. The van der Waals surface area contributed by atoms with Crippen molar-refractivity contribution in [3.05, 3.63) is 30.1 Å². The van der Waals surface area contributed by atoms with E-state index in [4.69, 9.17) is 4.74 Å². The summed E-state index contributed by atoms with van der Waals surface area (Å²) in [6, 6.07) is 6.04. The number of carbonyl (C=O) groups excluding carboxylic acids is 1. The highest BCUT2D eigenvalue weighted by Gasteiger charge is 2.33. The lowest BCUT2D eigenvalue weighted by Crippen LogP contribution is -2.52. The van der Waals surface area contributed by atoms with Crippen LogP contribution in [0.5, 0.6) is 0 Å². The monoisotopic (exact) mass is 370 g/mol. The molecule has 1 aromatic carbocycles. The molecule has 0 saturated heterocycles. The lowest BCUT2D eigenvalue weighted by molar-refractivity contribution is 0.174. The van der Waals surface area contributed by atoms with E-state index in [0.717, 1.165) is 6.42 Å². The van der Waals surface area contributed by atoms with Gasteiger partial charge >= 0.3 is 6.09 Å². The number of nitrogens with one attached hydrogen (secondary N) is 1. The lowest BCUT2D eigenvalue weighted by Gasteiger charge is -2.33. The van der Waals surface area contributed by atoms with E-state index in [2.05, 4.69) is 4.72 Å². The van der Waals surface area contributed by atoms with E-state index < -0.39 is 33.8 Å². The summed E-state index contributed by atoms with van der Waals surface area (Å²) in [6.45, 7) is 5.54. The van der Waals surface area contributed by atoms with E-state index in [1.54, 1.807) is 12.1 Å². The summed E-state index contributed by atoms with van der Waals surface area (Å²) in [5.41, 5.74) is 0.119. The first kappa shape index (κ1) is 19.8. The van der Waals surface area contributed by atoms with Gasteiger partial charge in [-0.1, -0.05) is 25.0 Å². The Bertz CT molecular complexity index is 629. The molecule has 0 spiro atoms. The van der Waals surface area contributed by atoms with Crippen molar-refractivity contribution < 1.29 is 18.1 Å². The predicted octanol–water partition coefficient (Wildman–Crippen LogP) is 3.97. The SMILES string of the molecule is COC(=O)N(c1ccccc1F)C(CCC1CC1)NS(=O)C(C)(C)C. The summed E-state index contributed by atoms with van der Waals surface area (Å²) in [4.78, 5) is 13.6. The van der Waals surface area contributed by atoms with Crippen molar-refractivity contribution in [3.63, 3.8) is 0 Å². The fourth-order valence-corrected chi connectivity index (χ4v) is 3.30. The number of benzene rings is 1. The fraction of sp³-hybridized carbons (Fsp3) is 0.611. The van der Waals surface area contributed by atoms with Gasteiger partial charge in [0.05, 0.1) is 28.5 Å². The minimum absolute atomic E-state index is 0.119. The number of halogens is 1. The molecular formula is C18H27FN2O3S. The number of ether oxygens (including phenoxy) is 1. The molecule has 0 radical (unpaired) electrons. The van der Waals surface area contributed by atoms with E-state index in [1.807, 2.05) is 20.8 Å². The molecule has 1 aliphatic carbocycles. The maximum atomic E-state index is 14.3. The minimum atomic E-state index is -1.40. The molecule has 25 heavy (non-hydrogen) atoms. The Morgan fingerprint density at radius 3 is 2.56 bits per heavy atom. The van der Waals surface area contributed by atoms with Crippen LogP contribution in [0.15, 0.2) is 24.3 Å². The summed E-state index contributed by atoms with van der Waals surface area (Å²) >= 11 is 0. The number of rotatable bonds is 7. The zero-order valence-electron chi connectivity index (χ0n) is 15.3. The number of methoxy groups -OCH3 is 1. The van der Waals surface area contributed by atoms with Crippen molar-refractivity contribution in [2.45, 2.75) is 57.4 Å². The van der Waals surface area contributed by atoms with Crippen LogP contribution in [0, 0.1) is 11.7 Å². The third-order valence-corrected chi connectivity index (χ3v) is 5.74. The Balaban J connectivity index is 2.32. The number of anilines is 1. The van der Waals surface area contributed by atoms with Crippen LogP contribution in [0.2, 0.25) is 0 Å². The maximum absolute atomic E-state index is 14.3. The molecule has 2 rings (SSSR count). The van der Waals surface area contributed by atoms with Crippen molar-refractivity contribution in [3.8, 4) is 0 Å². The number of carbonyl (C=O) groups is 1. The zero-order valence-corrected chi connectivity index (χ0v) is 16.1. The molecule has 1 aliphatic rings. The van der Waals surface area contributed by atoms with E-state index >= 15 is 0 Å². The largest absolute Gasteiger partial charge is 0.452 e. The summed E-state index contributed by atoms with van der Waals surface area (Å²) < 4.78 is 34.3. The van der Waals surface area contributed by atoms with Gasteiger partial charge in [0.15, 0.2) is 0 Å². The van der Waals surface area contributed by atoms with Crippen molar-refractivity contribution >= 4 is 22.8 Å². The number of para-hydroxylation sites is 1. The minimum Gasteiger partial charge on any atom is -0.452 e. The van der Waals surface area contributed by atoms with Crippen molar-refractivity contribution in [2.24, 2.45) is 5.92 Å². The molecule has 1 N–H and O–H groups in total. The Labute approximate surface area is 151 Å². The van der Waals surface area contributed by atoms with Crippen LogP contribution in [0.25, 0.3) is 0 Å². The van der Waals surface area contributed by atoms with E-state index in [-0.39, 0.29) is 5.69 Å². The average molecular weight is 370 g/mol. The molecule has 140 valence electrons. The molecule has 0 aromatic heterocycles. The normalized spacial score (nSPS) is 17.0. The second kappa shape index (κ2) is 8.27. The molecule has 2 atom stereocenters. The Morgan fingerprint density at radius 1 is 1.40 bits per heavy atom. The number of amides is 1. The van der Waals surface area contributed by atoms with Gasteiger partial charge in [-0.25, -0.2) is 18.1 Å². The van der Waals surface area contributed by atoms with Crippen molar-refractivity contribution in [1.29, 1.82) is 0 Å². The third kappa shape index (κ3) is 5.51. The van der Waals surface area contributed by atoms with Gasteiger partial charge in [-0.2, -0.15) is 0 Å². The van der Waals surface area contributed by atoms with Gasteiger partial charge in [-0.15, -0.1) is 0 Å². The highest BCUT2D eigenvalue weighted by Crippen LogP contribution is 2.35. The lowest BCUT2D eigenvalue weighted by atomic mass is 10.1. The molecule has 2 unspecified atom stereocenters.